The molecule has 0 radical (unpaired) electrons. The van der Waals surface area contributed by atoms with Gasteiger partial charge in [-0.3, -0.25) is 4.68 Å². The fourth-order valence-corrected chi connectivity index (χ4v) is 1.75. The molecule has 0 aliphatic rings. The van der Waals surface area contributed by atoms with Crippen molar-refractivity contribution in [2.24, 2.45) is 7.05 Å². The number of methoxy groups -OCH3 is 1. The molecule has 0 amide bonds. The van der Waals surface area contributed by atoms with E-state index in [-0.39, 0.29) is 22.6 Å². The lowest BCUT2D eigenvalue weighted by Gasteiger charge is -2.10. The number of phenols is 1. The van der Waals surface area contributed by atoms with E-state index >= 15 is 0 Å². The topological polar surface area (TPSA) is 111 Å². The molecule has 7 nitrogen and oxygen atoms in total. The van der Waals surface area contributed by atoms with E-state index in [9.17, 15) is 9.90 Å². The smallest absolute Gasteiger partial charge is 0.335 e. The Morgan fingerprint density at radius 2 is 2.11 bits per heavy atom. The van der Waals surface area contributed by atoms with E-state index in [0.717, 1.165) is 0 Å². The number of carboxylic acids is 1. The van der Waals surface area contributed by atoms with Gasteiger partial charge in [-0.25, -0.2) is 4.79 Å². The molecule has 1 aromatic heterocycles. The van der Waals surface area contributed by atoms with Gasteiger partial charge in [-0.15, -0.1) is 0 Å². The summed E-state index contributed by atoms with van der Waals surface area (Å²) in [6.07, 6.45) is 1.45. The van der Waals surface area contributed by atoms with Gasteiger partial charge in [0.15, 0.2) is 11.5 Å². The number of aromatic carboxylic acids is 1. The number of hydrogen-bond acceptors (Lipinski definition) is 5. The Labute approximate surface area is 108 Å². The summed E-state index contributed by atoms with van der Waals surface area (Å²) in [4.78, 5) is 11.1. The van der Waals surface area contributed by atoms with Crippen LogP contribution in [-0.2, 0) is 7.05 Å². The maximum Gasteiger partial charge on any atom is 0.335 e. The number of benzene rings is 1. The Morgan fingerprint density at radius 1 is 1.42 bits per heavy atom. The number of carbonyl (C=O) groups is 1. The number of nitrogens with two attached hydrogens (primary N) is 1. The van der Waals surface area contributed by atoms with Crippen LogP contribution in [0.4, 0.5) is 5.82 Å². The molecule has 0 spiro atoms. The monoisotopic (exact) mass is 263 g/mol. The first-order chi connectivity index (χ1) is 8.95. The van der Waals surface area contributed by atoms with E-state index in [2.05, 4.69) is 5.10 Å². The molecule has 0 atom stereocenters. The SMILES string of the molecule is COc1cc(C(=O)O)cc(-c2cnn(C)c2N)c1O. The molecule has 0 bridgehead atoms. The third-order valence-electron chi connectivity index (χ3n) is 2.82. The van der Waals surface area contributed by atoms with E-state index in [1.807, 2.05) is 0 Å². The lowest BCUT2D eigenvalue weighted by atomic mass is 10.0. The number of phenolic OH excluding ortho intramolecular Hbond substituents is 1. The van der Waals surface area contributed by atoms with Crippen LogP contribution in [0, 0.1) is 0 Å². The van der Waals surface area contributed by atoms with Gasteiger partial charge >= 0.3 is 5.97 Å². The predicted octanol–water partition coefficient (Wildman–Crippen LogP) is 1.08. The van der Waals surface area contributed by atoms with Gasteiger partial charge in [-0.2, -0.15) is 5.10 Å². The van der Waals surface area contributed by atoms with Crippen molar-refractivity contribution in [1.29, 1.82) is 0 Å². The average Bonchev–Trinajstić information content (AvgIpc) is 2.70. The van der Waals surface area contributed by atoms with E-state index in [1.54, 1.807) is 7.05 Å². The number of aromatic hydroxyl groups is 1. The normalized spacial score (nSPS) is 10.4. The van der Waals surface area contributed by atoms with Gasteiger partial charge in [0.2, 0.25) is 0 Å². The molecule has 1 heterocycles. The molecular weight excluding hydrogens is 250 g/mol. The van der Waals surface area contributed by atoms with Crippen molar-refractivity contribution < 1.29 is 19.7 Å². The van der Waals surface area contributed by atoms with Crippen LogP contribution in [0.5, 0.6) is 11.5 Å². The van der Waals surface area contributed by atoms with E-state index in [1.165, 1.54) is 30.1 Å². The van der Waals surface area contributed by atoms with Crippen molar-refractivity contribution in [3.63, 3.8) is 0 Å². The number of ether oxygens (including phenoxy) is 1. The summed E-state index contributed by atoms with van der Waals surface area (Å²) < 4.78 is 6.39. The number of hydrogen-bond donors (Lipinski definition) is 3. The maximum absolute atomic E-state index is 11.1. The van der Waals surface area contributed by atoms with Crippen molar-refractivity contribution in [2.75, 3.05) is 12.8 Å². The summed E-state index contributed by atoms with van der Waals surface area (Å²) in [5.41, 5.74) is 6.53. The molecule has 0 saturated carbocycles. The lowest BCUT2D eigenvalue weighted by molar-refractivity contribution is 0.0696. The fourth-order valence-electron chi connectivity index (χ4n) is 1.75. The molecule has 0 aliphatic carbocycles. The van der Waals surface area contributed by atoms with Crippen LogP contribution in [0.1, 0.15) is 10.4 Å². The van der Waals surface area contributed by atoms with Crippen molar-refractivity contribution in [3.8, 4) is 22.6 Å². The van der Waals surface area contributed by atoms with Gasteiger partial charge < -0.3 is 20.7 Å². The van der Waals surface area contributed by atoms with Crippen LogP contribution in [0.25, 0.3) is 11.1 Å². The Bertz CT molecular complexity index is 649. The van der Waals surface area contributed by atoms with Crippen LogP contribution in [0.15, 0.2) is 18.3 Å². The Morgan fingerprint density at radius 3 is 2.58 bits per heavy atom. The summed E-state index contributed by atoms with van der Waals surface area (Å²) in [5.74, 6) is -0.910. The van der Waals surface area contributed by atoms with Gasteiger partial charge in [0.1, 0.15) is 5.82 Å². The van der Waals surface area contributed by atoms with E-state index in [0.29, 0.717) is 11.4 Å². The highest BCUT2D eigenvalue weighted by atomic mass is 16.5. The zero-order valence-corrected chi connectivity index (χ0v) is 10.4. The highest BCUT2D eigenvalue weighted by Crippen LogP contribution is 2.40. The Kier molecular flexibility index (Phi) is 3.04. The third kappa shape index (κ3) is 2.05. The van der Waals surface area contributed by atoms with Crippen molar-refractivity contribution in [3.05, 3.63) is 23.9 Å². The molecule has 19 heavy (non-hydrogen) atoms. The molecule has 4 N–H and O–H groups in total. The second kappa shape index (κ2) is 4.52. The average molecular weight is 263 g/mol. The minimum Gasteiger partial charge on any atom is -0.504 e. The number of nitrogens with zero attached hydrogens (tertiary/aromatic N) is 2. The van der Waals surface area contributed by atoms with Gasteiger partial charge in [0.05, 0.1) is 18.9 Å². The number of aryl methyl sites for hydroxylation is 1. The van der Waals surface area contributed by atoms with Gasteiger partial charge in [-0.05, 0) is 12.1 Å². The van der Waals surface area contributed by atoms with E-state index in [4.69, 9.17) is 15.6 Å². The number of carboxylic acid groups (broad SMARTS) is 1. The minimum absolute atomic E-state index is 0.00657. The summed E-state index contributed by atoms with van der Waals surface area (Å²) >= 11 is 0. The summed E-state index contributed by atoms with van der Waals surface area (Å²) in [6.45, 7) is 0. The highest BCUT2D eigenvalue weighted by Gasteiger charge is 2.18. The van der Waals surface area contributed by atoms with Crippen molar-refractivity contribution in [2.45, 2.75) is 0 Å². The molecule has 100 valence electrons. The van der Waals surface area contributed by atoms with Gasteiger partial charge in [-0.1, -0.05) is 0 Å². The molecule has 0 aliphatic heterocycles. The first-order valence-electron chi connectivity index (χ1n) is 5.37. The Hall–Kier alpha value is -2.70. The van der Waals surface area contributed by atoms with Crippen LogP contribution >= 0.6 is 0 Å². The molecule has 0 unspecified atom stereocenters. The number of aromatic nitrogens is 2. The minimum atomic E-state index is -1.12. The highest BCUT2D eigenvalue weighted by molar-refractivity contribution is 5.93. The molecular formula is C12H13N3O4. The maximum atomic E-state index is 11.1. The largest absolute Gasteiger partial charge is 0.504 e. The first-order valence-corrected chi connectivity index (χ1v) is 5.37. The van der Waals surface area contributed by atoms with Crippen LogP contribution in [-0.4, -0.2) is 33.1 Å². The molecule has 0 saturated heterocycles. The fraction of sp³-hybridized carbons (Fsp3) is 0.167. The number of rotatable bonds is 3. The summed E-state index contributed by atoms with van der Waals surface area (Å²) in [6, 6.07) is 2.57. The van der Waals surface area contributed by atoms with Gasteiger partial charge in [0.25, 0.3) is 0 Å². The Balaban J connectivity index is 2.71. The quantitative estimate of drug-likeness (QED) is 0.764. The molecule has 2 aromatic rings. The second-order valence-corrected chi connectivity index (χ2v) is 3.95. The standard InChI is InChI=1S/C12H13N3O4/c1-15-11(13)8(5-14-15)7-3-6(12(17)18)4-9(19-2)10(7)16/h3-5,16H,13H2,1-2H3,(H,17,18). The van der Waals surface area contributed by atoms with Crippen LogP contribution < -0.4 is 10.5 Å². The zero-order chi connectivity index (χ0) is 14.2. The predicted molar refractivity (Wildman–Crippen MR) is 68.2 cm³/mol. The second-order valence-electron chi connectivity index (χ2n) is 3.95. The summed E-state index contributed by atoms with van der Waals surface area (Å²) in [5, 5.41) is 23.1. The molecule has 7 heteroatoms. The first kappa shape index (κ1) is 12.7. The van der Waals surface area contributed by atoms with Crippen molar-refractivity contribution in [1.82, 2.24) is 9.78 Å². The summed E-state index contributed by atoms with van der Waals surface area (Å²) in [7, 11) is 2.99. The third-order valence-corrected chi connectivity index (χ3v) is 2.82. The number of nitrogen functional groups attached to an aromatic ring is 1. The van der Waals surface area contributed by atoms with E-state index < -0.39 is 5.97 Å². The zero-order valence-electron chi connectivity index (χ0n) is 10.4. The van der Waals surface area contributed by atoms with Gasteiger partial charge in [0, 0.05) is 18.2 Å². The lowest BCUT2D eigenvalue weighted by Crippen LogP contribution is -2.00. The molecule has 2 rings (SSSR count). The van der Waals surface area contributed by atoms with Crippen LogP contribution in [0.2, 0.25) is 0 Å². The molecule has 1 aromatic carbocycles. The number of anilines is 1. The van der Waals surface area contributed by atoms with Crippen molar-refractivity contribution >= 4 is 11.8 Å². The van der Waals surface area contributed by atoms with Crippen LogP contribution in [0.3, 0.4) is 0 Å². The molecule has 0 fully saturated rings.